The quantitative estimate of drug-likeness (QED) is 0.160. The molecule has 3 aromatic rings. The van der Waals surface area contributed by atoms with Crippen LogP contribution in [0.25, 0.3) is 11.1 Å². The van der Waals surface area contributed by atoms with Crippen LogP contribution in [0.4, 0.5) is 27.6 Å². The van der Waals surface area contributed by atoms with Gasteiger partial charge in [-0.15, -0.1) is 0 Å². The van der Waals surface area contributed by atoms with Gasteiger partial charge < -0.3 is 25.2 Å². The van der Waals surface area contributed by atoms with E-state index < -0.39 is 64.8 Å². The summed E-state index contributed by atoms with van der Waals surface area (Å²) in [6.45, 7) is 4.91. The molecule has 2 saturated carbocycles. The van der Waals surface area contributed by atoms with E-state index in [0.717, 1.165) is 17.7 Å². The molecule has 266 valence electrons. The third-order valence-corrected chi connectivity index (χ3v) is 9.38. The maximum atomic E-state index is 15.2. The molecule has 3 N–H and O–H groups in total. The summed E-state index contributed by atoms with van der Waals surface area (Å²) in [5.74, 6) is -5.81. The lowest BCUT2D eigenvalue weighted by molar-refractivity contribution is -0.165. The number of rotatable bonds is 8. The van der Waals surface area contributed by atoms with Crippen molar-refractivity contribution in [2.75, 3.05) is 12.4 Å². The third kappa shape index (κ3) is 7.55. The average molecular weight is 766 g/mol. The molecule has 2 amide bonds. The molecule has 2 aliphatic carbocycles. The molecule has 2 bridgehead atoms. The molecule has 14 heteroatoms. The first-order valence-electron chi connectivity index (χ1n) is 15.6. The van der Waals surface area contributed by atoms with Gasteiger partial charge in [-0.1, -0.05) is 33.6 Å². The van der Waals surface area contributed by atoms with Crippen molar-refractivity contribution in [3.63, 3.8) is 0 Å². The zero-order chi connectivity index (χ0) is 36.7. The van der Waals surface area contributed by atoms with Crippen molar-refractivity contribution in [3.8, 4) is 16.9 Å². The fourth-order valence-electron chi connectivity index (χ4n) is 6.70. The summed E-state index contributed by atoms with van der Waals surface area (Å²) in [7, 11) is 1.33. The van der Waals surface area contributed by atoms with E-state index in [0.29, 0.717) is 25.0 Å². The molecule has 0 aliphatic heterocycles. The Morgan fingerprint density at radius 2 is 1.64 bits per heavy atom. The Kier molecular flexibility index (Phi) is 10.5. The summed E-state index contributed by atoms with van der Waals surface area (Å²) in [4.78, 5) is 41.8. The maximum absolute atomic E-state index is 15.2. The number of methoxy groups -OCH3 is 1. The topological polar surface area (TPSA) is 114 Å². The van der Waals surface area contributed by atoms with Gasteiger partial charge >= 0.3 is 12.1 Å². The Hall–Kier alpha value is -4.30. The van der Waals surface area contributed by atoms with Crippen LogP contribution in [0, 0.1) is 29.4 Å². The molecule has 5 rings (SSSR count). The number of benzene rings is 3. The summed E-state index contributed by atoms with van der Waals surface area (Å²) >= 11 is 3.35. The molecule has 0 saturated heterocycles. The van der Waals surface area contributed by atoms with Gasteiger partial charge in [0.1, 0.15) is 23.0 Å². The summed E-state index contributed by atoms with van der Waals surface area (Å²) in [6, 6.07) is 9.30. The number of hydrogen-bond acceptors (Lipinski definition) is 6. The van der Waals surface area contributed by atoms with Crippen LogP contribution >= 0.6 is 15.9 Å². The Morgan fingerprint density at radius 1 is 0.960 bits per heavy atom. The minimum absolute atomic E-state index is 0.0119. The number of carbonyl (C=O) groups excluding carboxylic acids is 3. The molecule has 5 atom stereocenters. The van der Waals surface area contributed by atoms with Crippen LogP contribution in [0.3, 0.4) is 0 Å². The van der Waals surface area contributed by atoms with E-state index in [-0.39, 0.29) is 45.5 Å². The van der Waals surface area contributed by atoms with Gasteiger partial charge in [0.15, 0.2) is 6.10 Å². The molecule has 3 unspecified atom stereocenters. The second-order valence-corrected chi connectivity index (χ2v) is 13.7. The summed E-state index contributed by atoms with van der Waals surface area (Å²) in [5.41, 5.74) is -1.56. The third-order valence-electron chi connectivity index (χ3n) is 8.86. The van der Waals surface area contributed by atoms with Crippen LogP contribution in [-0.4, -0.2) is 41.6 Å². The number of hydrogen-bond donors (Lipinski definition) is 3. The number of fused-ring (bicyclic) bond motifs is 2. The van der Waals surface area contributed by atoms with Gasteiger partial charge in [0.2, 0.25) is 5.91 Å². The Labute approximate surface area is 293 Å². The lowest BCUT2D eigenvalue weighted by atomic mass is 9.83. The number of nitrogens with one attached hydrogen (secondary N) is 2. The zero-order valence-electron chi connectivity index (χ0n) is 27.3. The lowest BCUT2D eigenvalue weighted by Gasteiger charge is -2.30. The number of carbonyl (C=O) groups is 3. The molecule has 0 heterocycles. The molecule has 0 radical (unpaired) electrons. The largest absolute Gasteiger partial charge is 0.496 e. The van der Waals surface area contributed by atoms with Gasteiger partial charge in [0.25, 0.3) is 5.91 Å². The number of aliphatic hydroxyl groups excluding tert-OH is 1. The zero-order valence-corrected chi connectivity index (χ0v) is 28.9. The molecule has 0 aromatic heterocycles. The lowest BCUT2D eigenvalue weighted by Crippen LogP contribution is -2.48. The first-order valence-corrected chi connectivity index (χ1v) is 16.5. The van der Waals surface area contributed by atoms with E-state index in [1.54, 1.807) is 25.8 Å². The highest BCUT2D eigenvalue weighted by molar-refractivity contribution is 9.11. The molecule has 0 spiro atoms. The van der Waals surface area contributed by atoms with E-state index in [2.05, 4.69) is 26.6 Å². The Morgan fingerprint density at radius 3 is 2.28 bits per heavy atom. The number of alkyl halides is 3. The van der Waals surface area contributed by atoms with Crippen LogP contribution in [0.15, 0.2) is 65.2 Å². The highest BCUT2D eigenvalue weighted by Gasteiger charge is 2.54. The number of ether oxygens (including phenoxy) is 2. The molecule has 2 fully saturated rings. The number of halogens is 6. The van der Waals surface area contributed by atoms with Crippen molar-refractivity contribution >= 4 is 39.4 Å². The first kappa shape index (κ1) is 37.0. The Bertz CT molecular complexity index is 1860. The van der Waals surface area contributed by atoms with Crippen molar-refractivity contribution in [2.24, 2.45) is 17.8 Å². The van der Waals surface area contributed by atoms with Crippen molar-refractivity contribution < 1.29 is 50.9 Å². The molecule has 3 aromatic carbocycles. The fourth-order valence-corrected chi connectivity index (χ4v) is 7.37. The van der Waals surface area contributed by atoms with Crippen LogP contribution in [-0.2, 0) is 20.5 Å². The van der Waals surface area contributed by atoms with E-state index in [1.165, 1.54) is 37.4 Å². The van der Waals surface area contributed by atoms with Crippen LogP contribution in [0.2, 0.25) is 0 Å². The summed E-state index contributed by atoms with van der Waals surface area (Å²) < 4.78 is 79.8. The number of esters is 1. The van der Waals surface area contributed by atoms with Gasteiger partial charge in [0.05, 0.1) is 24.2 Å². The van der Waals surface area contributed by atoms with Crippen molar-refractivity contribution in [1.82, 2.24) is 5.32 Å². The first-order chi connectivity index (χ1) is 23.4. The molecule has 50 heavy (non-hydrogen) atoms. The normalized spacial score (nSPS) is 21.5. The average Bonchev–Trinajstić information content (AvgIpc) is 3.59. The Balaban J connectivity index is 1.44. The predicted octanol–water partition coefficient (Wildman–Crippen LogP) is 7.71. The second-order valence-electron chi connectivity index (χ2n) is 13.2. The molecular formula is C36H34BrF5N2O6. The van der Waals surface area contributed by atoms with Crippen molar-refractivity contribution in [3.05, 3.63) is 93.5 Å². The van der Waals surface area contributed by atoms with E-state index in [4.69, 9.17) is 9.47 Å². The number of anilines is 1. The molecular weight excluding hydrogens is 731 g/mol. The summed E-state index contributed by atoms with van der Waals surface area (Å²) in [6.07, 6.45) is -5.47. The van der Waals surface area contributed by atoms with Crippen molar-refractivity contribution in [1.29, 1.82) is 0 Å². The highest BCUT2D eigenvalue weighted by Crippen LogP contribution is 2.53. The van der Waals surface area contributed by atoms with Gasteiger partial charge in [-0.05, 0) is 98.1 Å². The highest BCUT2D eigenvalue weighted by atomic mass is 79.9. The van der Waals surface area contributed by atoms with Crippen molar-refractivity contribution in [2.45, 2.75) is 57.5 Å². The maximum Gasteiger partial charge on any atom is 0.419 e. The van der Waals surface area contributed by atoms with Gasteiger partial charge in [-0.3, -0.25) is 9.59 Å². The minimum atomic E-state index is -4.98. The van der Waals surface area contributed by atoms with Gasteiger partial charge in [-0.25, -0.2) is 13.6 Å². The van der Waals surface area contributed by atoms with Crippen LogP contribution < -0.4 is 15.4 Å². The smallest absolute Gasteiger partial charge is 0.419 e. The number of aliphatic hydroxyl groups is 1. The van der Waals surface area contributed by atoms with Crippen LogP contribution in [0.5, 0.6) is 5.75 Å². The van der Waals surface area contributed by atoms with Gasteiger partial charge in [0, 0.05) is 23.2 Å². The predicted molar refractivity (Wildman–Crippen MR) is 177 cm³/mol. The number of amides is 2. The summed E-state index contributed by atoms with van der Waals surface area (Å²) in [5, 5.41) is 16.0. The van der Waals surface area contributed by atoms with E-state index in [9.17, 15) is 37.1 Å². The van der Waals surface area contributed by atoms with Crippen LogP contribution in [0.1, 0.15) is 61.2 Å². The molecule has 8 nitrogen and oxygen atoms in total. The fraction of sp³-hybridized carbons (Fsp3) is 0.361. The minimum Gasteiger partial charge on any atom is -0.496 e. The standard InChI is InChI=1S/C36H34BrF5N2O6/c1-35(2,3)50-34(48)31(45)18-5-10-26(38)22(14-18)17-6-12-28(49-4)23(13-17)32(46)44-30-21-9-8-20(24(21)16-37)29(30)33(47)43-19-7-11-27(39)25(15-19)36(40,41)42/h5-7,10-16,20-21,29-31,45H,8-9H2,1-4H3,(H,43,47)(H,44,46)/b24-16-/t20?,21?,29-,30+,31?/m0/s1. The SMILES string of the molecule is COc1ccc(-c2cc(C(O)C(=O)OC(C)(C)C)ccc2F)cc1C(=O)N[C@@H]1C2CCC(/C2=C/Br)[C@@H]1C(=O)Nc1ccc(F)c(C(F)(F)F)c1. The van der Waals surface area contributed by atoms with Gasteiger partial charge in [-0.2, -0.15) is 13.2 Å². The van der Waals surface area contributed by atoms with E-state index in [1.807, 2.05) is 0 Å². The molecule has 2 aliphatic rings. The monoisotopic (exact) mass is 764 g/mol. The second kappa shape index (κ2) is 14.1. The van der Waals surface area contributed by atoms with E-state index >= 15 is 4.39 Å².